The maximum Gasteiger partial charge on any atom is 0.244 e. The average molecular weight is 328 g/mol. The van der Waals surface area contributed by atoms with Gasteiger partial charge in [-0.15, -0.1) is 0 Å². The third-order valence-corrected chi connectivity index (χ3v) is 4.52. The van der Waals surface area contributed by atoms with Gasteiger partial charge in [-0.1, -0.05) is 12.1 Å². The summed E-state index contributed by atoms with van der Waals surface area (Å²) in [6.07, 6.45) is 3.11. The molecule has 3 rings (SSSR count). The largest absolute Gasteiger partial charge is 0.497 e. The summed E-state index contributed by atoms with van der Waals surface area (Å²) in [5.74, 6) is 1.39. The van der Waals surface area contributed by atoms with Gasteiger partial charge in [0.15, 0.2) is 0 Å². The highest BCUT2D eigenvalue weighted by atomic mass is 16.5. The molecule has 0 saturated carbocycles. The van der Waals surface area contributed by atoms with Crippen LogP contribution in [-0.2, 0) is 11.3 Å². The second-order valence-electron chi connectivity index (χ2n) is 6.24. The minimum absolute atomic E-state index is 0.0531. The number of carbonyl (C=O) groups is 1. The van der Waals surface area contributed by atoms with Gasteiger partial charge >= 0.3 is 0 Å². The highest BCUT2D eigenvalue weighted by molar-refractivity contribution is 5.77. The summed E-state index contributed by atoms with van der Waals surface area (Å²) in [7, 11) is 1.66. The molecule has 1 saturated heterocycles. The van der Waals surface area contributed by atoms with E-state index in [2.05, 4.69) is 11.2 Å². The Morgan fingerprint density at radius 3 is 2.92 bits per heavy atom. The molecular formula is C18H24N4O2. The lowest BCUT2D eigenvalue weighted by molar-refractivity contribution is -0.135. The summed E-state index contributed by atoms with van der Waals surface area (Å²) in [6, 6.07) is 9.84. The maximum absolute atomic E-state index is 12.8. The number of benzene rings is 1. The SMILES string of the molecule is COc1cccc(C2CCCCN2C(=O)Cn2nc(C)cc2N)c1. The Kier molecular flexibility index (Phi) is 4.74. The smallest absolute Gasteiger partial charge is 0.244 e. The molecule has 6 heteroatoms. The number of likely N-dealkylation sites (tertiary alicyclic amines) is 1. The molecule has 1 aromatic heterocycles. The Hall–Kier alpha value is -2.50. The van der Waals surface area contributed by atoms with Crippen LogP contribution >= 0.6 is 0 Å². The third-order valence-electron chi connectivity index (χ3n) is 4.52. The summed E-state index contributed by atoms with van der Waals surface area (Å²) in [4.78, 5) is 14.8. The lowest BCUT2D eigenvalue weighted by Gasteiger charge is -2.36. The predicted octanol–water partition coefficient (Wildman–Crippen LogP) is 2.54. The normalized spacial score (nSPS) is 17.8. The van der Waals surface area contributed by atoms with Crippen molar-refractivity contribution in [3.05, 3.63) is 41.6 Å². The summed E-state index contributed by atoms with van der Waals surface area (Å²) in [6.45, 7) is 2.82. The highest BCUT2D eigenvalue weighted by Crippen LogP contribution is 2.32. The van der Waals surface area contributed by atoms with Crippen molar-refractivity contribution in [2.24, 2.45) is 0 Å². The van der Waals surface area contributed by atoms with E-state index in [0.717, 1.165) is 42.8 Å². The van der Waals surface area contributed by atoms with Crippen molar-refractivity contribution in [3.8, 4) is 5.75 Å². The van der Waals surface area contributed by atoms with Crippen molar-refractivity contribution in [1.29, 1.82) is 0 Å². The second-order valence-corrected chi connectivity index (χ2v) is 6.24. The number of hydrogen-bond acceptors (Lipinski definition) is 4. The van der Waals surface area contributed by atoms with Gasteiger partial charge in [0.1, 0.15) is 18.1 Å². The lowest BCUT2D eigenvalue weighted by Crippen LogP contribution is -2.40. The number of aromatic nitrogens is 2. The number of methoxy groups -OCH3 is 1. The van der Waals surface area contributed by atoms with E-state index < -0.39 is 0 Å². The molecule has 1 atom stereocenters. The van der Waals surface area contributed by atoms with Gasteiger partial charge in [0.05, 0.1) is 18.8 Å². The molecule has 1 aliphatic heterocycles. The van der Waals surface area contributed by atoms with E-state index in [1.807, 2.05) is 30.0 Å². The van der Waals surface area contributed by atoms with E-state index in [0.29, 0.717) is 5.82 Å². The molecule has 0 aliphatic carbocycles. The Balaban J connectivity index is 1.81. The van der Waals surface area contributed by atoms with Gasteiger partial charge < -0.3 is 15.4 Å². The average Bonchev–Trinajstić information content (AvgIpc) is 2.92. The first-order valence-corrected chi connectivity index (χ1v) is 8.32. The topological polar surface area (TPSA) is 73.4 Å². The Morgan fingerprint density at radius 2 is 2.21 bits per heavy atom. The monoisotopic (exact) mass is 328 g/mol. The molecule has 1 fully saturated rings. The van der Waals surface area contributed by atoms with Crippen molar-refractivity contribution in [2.45, 2.75) is 38.8 Å². The molecule has 2 aromatic rings. The van der Waals surface area contributed by atoms with E-state index in [4.69, 9.17) is 10.5 Å². The summed E-state index contributed by atoms with van der Waals surface area (Å²) in [5, 5.41) is 4.29. The molecule has 2 N–H and O–H groups in total. The number of aryl methyl sites for hydroxylation is 1. The molecule has 128 valence electrons. The number of hydrogen-bond donors (Lipinski definition) is 1. The van der Waals surface area contributed by atoms with Gasteiger partial charge in [0.2, 0.25) is 5.91 Å². The fraction of sp³-hybridized carbons (Fsp3) is 0.444. The van der Waals surface area contributed by atoms with Crippen LogP contribution in [0.5, 0.6) is 5.75 Å². The standard InChI is InChI=1S/C18H24N4O2/c1-13-10-17(19)22(20-13)12-18(23)21-9-4-3-8-16(21)14-6-5-7-15(11-14)24-2/h5-7,10-11,16H,3-4,8-9,12,19H2,1-2H3. The van der Waals surface area contributed by atoms with E-state index in [1.54, 1.807) is 17.9 Å². The van der Waals surface area contributed by atoms with Crippen LogP contribution in [0.4, 0.5) is 5.82 Å². The predicted molar refractivity (Wildman–Crippen MR) is 92.7 cm³/mol. The molecule has 1 amide bonds. The van der Waals surface area contributed by atoms with Crippen LogP contribution in [0.15, 0.2) is 30.3 Å². The van der Waals surface area contributed by atoms with Gasteiger partial charge in [-0.3, -0.25) is 4.79 Å². The molecular weight excluding hydrogens is 304 g/mol. The first-order valence-electron chi connectivity index (χ1n) is 8.32. The Morgan fingerprint density at radius 1 is 1.38 bits per heavy atom. The zero-order valence-electron chi connectivity index (χ0n) is 14.2. The highest BCUT2D eigenvalue weighted by Gasteiger charge is 2.28. The maximum atomic E-state index is 12.8. The first kappa shape index (κ1) is 16.4. The molecule has 1 aromatic carbocycles. The summed E-state index contributed by atoms with van der Waals surface area (Å²) >= 11 is 0. The summed E-state index contributed by atoms with van der Waals surface area (Å²) < 4.78 is 6.90. The Labute approximate surface area is 142 Å². The molecule has 0 bridgehead atoms. The van der Waals surface area contributed by atoms with E-state index in [1.165, 1.54) is 0 Å². The van der Waals surface area contributed by atoms with Crippen LogP contribution in [0.2, 0.25) is 0 Å². The van der Waals surface area contributed by atoms with Crippen molar-refractivity contribution in [2.75, 3.05) is 19.4 Å². The number of ether oxygens (including phenoxy) is 1. The number of nitrogens with two attached hydrogens (primary N) is 1. The molecule has 1 unspecified atom stereocenters. The van der Waals surface area contributed by atoms with Gasteiger partial charge in [0.25, 0.3) is 0 Å². The van der Waals surface area contributed by atoms with Crippen molar-refractivity contribution < 1.29 is 9.53 Å². The van der Waals surface area contributed by atoms with E-state index in [9.17, 15) is 4.79 Å². The second kappa shape index (κ2) is 6.95. The summed E-state index contributed by atoms with van der Waals surface area (Å²) in [5.41, 5.74) is 7.86. The fourth-order valence-corrected chi connectivity index (χ4v) is 3.34. The fourth-order valence-electron chi connectivity index (χ4n) is 3.34. The lowest BCUT2D eigenvalue weighted by atomic mass is 9.95. The Bertz CT molecular complexity index is 726. The molecule has 2 heterocycles. The minimum Gasteiger partial charge on any atom is -0.497 e. The number of amides is 1. The molecule has 1 aliphatic rings. The van der Waals surface area contributed by atoms with Crippen molar-refractivity contribution >= 4 is 11.7 Å². The van der Waals surface area contributed by atoms with E-state index >= 15 is 0 Å². The van der Waals surface area contributed by atoms with Gasteiger partial charge in [-0.05, 0) is 43.9 Å². The molecule has 24 heavy (non-hydrogen) atoms. The van der Waals surface area contributed by atoms with Crippen LogP contribution in [0.25, 0.3) is 0 Å². The van der Waals surface area contributed by atoms with Gasteiger partial charge in [0, 0.05) is 12.6 Å². The molecule has 6 nitrogen and oxygen atoms in total. The van der Waals surface area contributed by atoms with Crippen LogP contribution in [0.1, 0.15) is 36.6 Å². The number of rotatable bonds is 4. The first-order chi connectivity index (χ1) is 11.6. The van der Waals surface area contributed by atoms with Crippen LogP contribution < -0.4 is 10.5 Å². The number of nitrogens with zero attached hydrogens (tertiary/aromatic N) is 3. The van der Waals surface area contributed by atoms with Gasteiger partial charge in [-0.25, -0.2) is 4.68 Å². The number of piperidine rings is 1. The third kappa shape index (κ3) is 3.37. The zero-order chi connectivity index (χ0) is 17.1. The van der Waals surface area contributed by atoms with Crippen molar-refractivity contribution in [3.63, 3.8) is 0 Å². The van der Waals surface area contributed by atoms with E-state index in [-0.39, 0.29) is 18.5 Å². The number of nitrogen functional groups attached to an aromatic ring is 1. The number of carbonyl (C=O) groups excluding carboxylic acids is 1. The van der Waals surface area contributed by atoms with Gasteiger partial charge in [-0.2, -0.15) is 5.10 Å². The molecule has 0 spiro atoms. The van der Waals surface area contributed by atoms with Crippen LogP contribution in [0.3, 0.4) is 0 Å². The quantitative estimate of drug-likeness (QED) is 0.936. The van der Waals surface area contributed by atoms with Crippen LogP contribution in [0, 0.1) is 6.92 Å². The number of anilines is 1. The molecule has 0 radical (unpaired) electrons. The van der Waals surface area contributed by atoms with Crippen molar-refractivity contribution in [1.82, 2.24) is 14.7 Å². The zero-order valence-corrected chi connectivity index (χ0v) is 14.2. The van der Waals surface area contributed by atoms with Crippen LogP contribution in [-0.4, -0.2) is 34.2 Å². The minimum atomic E-state index is 0.0531.